The molecule has 0 radical (unpaired) electrons. The quantitative estimate of drug-likeness (QED) is 0.810. The van der Waals surface area contributed by atoms with Crippen LogP contribution < -0.4 is 5.32 Å². The Balaban J connectivity index is 2.01. The van der Waals surface area contributed by atoms with Crippen LogP contribution in [0.25, 0.3) is 0 Å². The van der Waals surface area contributed by atoms with Crippen LogP contribution in [0, 0.1) is 0 Å². The summed E-state index contributed by atoms with van der Waals surface area (Å²) in [7, 11) is 1.84. The molecule has 7 heteroatoms. The van der Waals surface area contributed by atoms with Crippen molar-refractivity contribution in [2.45, 2.75) is 32.4 Å². The van der Waals surface area contributed by atoms with Crippen molar-refractivity contribution in [3.63, 3.8) is 0 Å². The van der Waals surface area contributed by atoms with Crippen molar-refractivity contribution in [3.8, 4) is 0 Å². The molecule has 0 aliphatic carbocycles. The number of aryl methyl sites for hydroxylation is 1. The maximum Gasteiger partial charge on any atom is 0.410 e. The number of aromatic nitrogens is 3. The van der Waals surface area contributed by atoms with Crippen LogP contribution in [0.5, 0.6) is 0 Å². The zero-order valence-electron chi connectivity index (χ0n) is 11.9. The van der Waals surface area contributed by atoms with Crippen LogP contribution >= 0.6 is 0 Å². The molecule has 1 atom stereocenters. The summed E-state index contributed by atoms with van der Waals surface area (Å²) in [4.78, 5) is 13.8. The third kappa shape index (κ3) is 3.44. The average Bonchev–Trinajstić information content (AvgIpc) is 2.73. The summed E-state index contributed by atoms with van der Waals surface area (Å²) >= 11 is 0. The van der Waals surface area contributed by atoms with Gasteiger partial charge in [0.25, 0.3) is 0 Å². The van der Waals surface area contributed by atoms with Crippen molar-refractivity contribution >= 4 is 6.09 Å². The Morgan fingerprint density at radius 1 is 1.53 bits per heavy atom. The first kappa shape index (κ1) is 13.8. The molecule has 106 valence electrons. The summed E-state index contributed by atoms with van der Waals surface area (Å²) in [5.41, 5.74) is 0.499. The van der Waals surface area contributed by atoms with E-state index in [1.807, 2.05) is 27.8 Å². The second-order valence-corrected chi connectivity index (χ2v) is 5.72. The van der Waals surface area contributed by atoms with E-state index >= 15 is 0 Å². The number of carbonyl (C=O) groups excluding carboxylic acids is 1. The number of amides is 1. The van der Waals surface area contributed by atoms with Gasteiger partial charge in [-0.05, 0) is 20.8 Å². The normalized spacial score (nSPS) is 20.4. The third-order valence-corrected chi connectivity index (χ3v) is 2.93. The van der Waals surface area contributed by atoms with Crippen LogP contribution in [0.1, 0.15) is 32.5 Å². The van der Waals surface area contributed by atoms with Gasteiger partial charge in [0.05, 0.1) is 17.9 Å². The molecule has 1 N–H and O–H groups in total. The van der Waals surface area contributed by atoms with Gasteiger partial charge in [-0.1, -0.05) is 5.21 Å². The van der Waals surface area contributed by atoms with E-state index in [2.05, 4.69) is 15.6 Å². The first-order valence-corrected chi connectivity index (χ1v) is 6.43. The Bertz CT molecular complexity index is 451. The number of hydrogen-bond donors (Lipinski definition) is 1. The molecule has 1 amide bonds. The molecule has 1 saturated heterocycles. The van der Waals surface area contributed by atoms with Crippen molar-refractivity contribution in [1.82, 2.24) is 25.2 Å². The van der Waals surface area contributed by atoms with E-state index in [1.165, 1.54) is 0 Å². The van der Waals surface area contributed by atoms with Gasteiger partial charge in [0, 0.05) is 26.7 Å². The molecule has 1 aromatic rings. The summed E-state index contributed by atoms with van der Waals surface area (Å²) in [6.45, 7) is 7.56. The van der Waals surface area contributed by atoms with E-state index in [1.54, 1.807) is 15.8 Å². The summed E-state index contributed by atoms with van der Waals surface area (Å²) in [6, 6.07) is 0.0428. The largest absolute Gasteiger partial charge is 0.444 e. The monoisotopic (exact) mass is 267 g/mol. The van der Waals surface area contributed by atoms with Crippen molar-refractivity contribution in [1.29, 1.82) is 0 Å². The standard InChI is InChI=1S/C12H21N5O2/c1-12(2,3)19-11(18)17-6-5-13-9(8-17)10-7-14-15-16(10)4/h7,9,13H,5-6,8H2,1-4H3. The van der Waals surface area contributed by atoms with Crippen molar-refractivity contribution in [2.24, 2.45) is 7.05 Å². The average molecular weight is 267 g/mol. The molecule has 19 heavy (non-hydrogen) atoms. The van der Waals surface area contributed by atoms with E-state index in [-0.39, 0.29) is 12.1 Å². The minimum absolute atomic E-state index is 0.0428. The van der Waals surface area contributed by atoms with Crippen molar-refractivity contribution in [3.05, 3.63) is 11.9 Å². The Labute approximate surface area is 112 Å². The fraction of sp³-hybridized carbons (Fsp3) is 0.750. The lowest BCUT2D eigenvalue weighted by Crippen LogP contribution is -2.50. The lowest BCUT2D eigenvalue weighted by atomic mass is 10.1. The molecule has 1 unspecified atom stereocenters. The van der Waals surface area contributed by atoms with Gasteiger partial charge < -0.3 is 15.0 Å². The molecular formula is C12H21N5O2. The number of ether oxygens (including phenoxy) is 1. The number of carbonyl (C=O) groups is 1. The van der Waals surface area contributed by atoms with Crippen molar-refractivity contribution < 1.29 is 9.53 Å². The number of nitrogens with one attached hydrogen (secondary N) is 1. The molecule has 0 bridgehead atoms. The maximum absolute atomic E-state index is 12.1. The molecule has 2 rings (SSSR count). The van der Waals surface area contributed by atoms with Gasteiger partial charge in [-0.15, -0.1) is 5.10 Å². The minimum Gasteiger partial charge on any atom is -0.444 e. The van der Waals surface area contributed by atoms with Gasteiger partial charge in [0.2, 0.25) is 0 Å². The third-order valence-electron chi connectivity index (χ3n) is 2.93. The van der Waals surface area contributed by atoms with E-state index in [0.29, 0.717) is 13.1 Å². The minimum atomic E-state index is -0.467. The maximum atomic E-state index is 12.1. The van der Waals surface area contributed by atoms with Gasteiger partial charge in [-0.2, -0.15) is 0 Å². The van der Waals surface area contributed by atoms with Crippen LogP contribution in [-0.2, 0) is 11.8 Å². The van der Waals surface area contributed by atoms with Crippen LogP contribution in [0.15, 0.2) is 6.20 Å². The van der Waals surface area contributed by atoms with Gasteiger partial charge in [-0.25, -0.2) is 4.79 Å². The highest BCUT2D eigenvalue weighted by Crippen LogP contribution is 2.18. The first-order valence-electron chi connectivity index (χ1n) is 6.43. The lowest BCUT2D eigenvalue weighted by Gasteiger charge is -2.34. The molecule has 0 spiro atoms. The predicted molar refractivity (Wildman–Crippen MR) is 69.6 cm³/mol. The lowest BCUT2D eigenvalue weighted by molar-refractivity contribution is 0.0192. The summed E-state index contributed by atoms with van der Waals surface area (Å²) in [5, 5.41) is 11.1. The molecular weight excluding hydrogens is 246 g/mol. The Hall–Kier alpha value is -1.63. The van der Waals surface area contributed by atoms with Crippen LogP contribution in [0.3, 0.4) is 0 Å². The highest BCUT2D eigenvalue weighted by atomic mass is 16.6. The molecule has 7 nitrogen and oxygen atoms in total. The zero-order valence-corrected chi connectivity index (χ0v) is 11.9. The SMILES string of the molecule is Cn1nncc1C1CN(C(=O)OC(C)(C)C)CCN1. The van der Waals surface area contributed by atoms with Gasteiger partial charge in [0.1, 0.15) is 5.60 Å². The van der Waals surface area contributed by atoms with Crippen LogP contribution in [-0.4, -0.2) is 51.2 Å². The van der Waals surface area contributed by atoms with Crippen LogP contribution in [0.4, 0.5) is 4.79 Å². The second-order valence-electron chi connectivity index (χ2n) is 5.72. The smallest absolute Gasteiger partial charge is 0.410 e. The topological polar surface area (TPSA) is 72.3 Å². The van der Waals surface area contributed by atoms with Gasteiger partial charge in [0.15, 0.2) is 0 Å². The second kappa shape index (κ2) is 5.16. The fourth-order valence-electron chi connectivity index (χ4n) is 2.05. The first-order chi connectivity index (χ1) is 8.87. The van der Waals surface area contributed by atoms with E-state index in [0.717, 1.165) is 12.2 Å². The molecule has 1 aliphatic rings. The molecule has 0 saturated carbocycles. The van der Waals surface area contributed by atoms with Crippen LogP contribution in [0.2, 0.25) is 0 Å². The Morgan fingerprint density at radius 2 is 2.26 bits per heavy atom. The Kier molecular flexibility index (Phi) is 3.75. The molecule has 0 aromatic carbocycles. The number of rotatable bonds is 1. The number of hydrogen-bond acceptors (Lipinski definition) is 5. The van der Waals surface area contributed by atoms with E-state index in [9.17, 15) is 4.79 Å². The number of piperazine rings is 1. The molecule has 2 heterocycles. The fourth-order valence-corrected chi connectivity index (χ4v) is 2.05. The van der Waals surface area contributed by atoms with E-state index < -0.39 is 5.60 Å². The molecule has 1 aromatic heterocycles. The highest BCUT2D eigenvalue weighted by molar-refractivity contribution is 5.68. The summed E-state index contributed by atoms with van der Waals surface area (Å²) in [6.07, 6.45) is 1.45. The summed E-state index contributed by atoms with van der Waals surface area (Å²) in [5.74, 6) is 0. The number of nitrogens with zero attached hydrogens (tertiary/aromatic N) is 4. The van der Waals surface area contributed by atoms with Gasteiger partial charge in [-0.3, -0.25) is 4.68 Å². The summed E-state index contributed by atoms with van der Waals surface area (Å²) < 4.78 is 7.11. The highest BCUT2D eigenvalue weighted by Gasteiger charge is 2.29. The Morgan fingerprint density at radius 3 is 2.84 bits per heavy atom. The predicted octanol–water partition coefficient (Wildman–Crippen LogP) is 0.696. The molecule has 1 aliphatic heterocycles. The van der Waals surface area contributed by atoms with E-state index in [4.69, 9.17) is 4.74 Å². The van der Waals surface area contributed by atoms with Crippen molar-refractivity contribution in [2.75, 3.05) is 19.6 Å². The van der Waals surface area contributed by atoms with Gasteiger partial charge >= 0.3 is 6.09 Å². The zero-order chi connectivity index (χ0) is 14.0. The molecule has 1 fully saturated rings.